The number of benzene rings is 1. The number of carbonyl (C=O) groups is 1. The highest BCUT2D eigenvalue weighted by Gasteiger charge is 2.20. The first-order chi connectivity index (χ1) is 11.2. The minimum absolute atomic E-state index is 0.0964. The van der Waals surface area contributed by atoms with Crippen molar-refractivity contribution in [1.82, 2.24) is 0 Å². The first-order valence-electron chi connectivity index (χ1n) is 7.86. The minimum atomic E-state index is -0.606. The van der Waals surface area contributed by atoms with E-state index in [4.69, 9.17) is 23.7 Å². The van der Waals surface area contributed by atoms with Crippen LogP contribution < -0.4 is 9.47 Å². The summed E-state index contributed by atoms with van der Waals surface area (Å²) in [7, 11) is 1.58. The molecule has 23 heavy (non-hydrogen) atoms. The average Bonchev–Trinajstić information content (AvgIpc) is 3.10. The average molecular weight is 324 g/mol. The summed E-state index contributed by atoms with van der Waals surface area (Å²) >= 11 is 0. The molecule has 1 saturated heterocycles. The van der Waals surface area contributed by atoms with Crippen LogP contribution in [0.3, 0.4) is 0 Å². The molecule has 0 amide bonds. The molecule has 6 heteroatoms. The summed E-state index contributed by atoms with van der Waals surface area (Å²) in [4.78, 5) is 11.8. The third-order valence-corrected chi connectivity index (χ3v) is 3.54. The fourth-order valence-electron chi connectivity index (χ4n) is 2.24. The van der Waals surface area contributed by atoms with Crippen LogP contribution in [0, 0.1) is 0 Å². The third-order valence-electron chi connectivity index (χ3n) is 3.54. The van der Waals surface area contributed by atoms with E-state index in [1.165, 1.54) is 0 Å². The Morgan fingerprint density at radius 2 is 2.09 bits per heavy atom. The minimum Gasteiger partial charge on any atom is -0.493 e. The van der Waals surface area contributed by atoms with Gasteiger partial charge in [0.05, 0.1) is 19.8 Å². The fraction of sp³-hybridized carbons (Fsp3) is 0.588. The zero-order valence-corrected chi connectivity index (χ0v) is 13.7. The second-order valence-corrected chi connectivity index (χ2v) is 5.28. The number of methoxy groups -OCH3 is 1. The summed E-state index contributed by atoms with van der Waals surface area (Å²) in [6.45, 7) is 3.29. The smallest absolute Gasteiger partial charge is 0.335 e. The van der Waals surface area contributed by atoms with Crippen LogP contribution in [-0.2, 0) is 19.0 Å². The normalized spacial score (nSPS) is 18.4. The number of hydrogen-bond acceptors (Lipinski definition) is 6. The van der Waals surface area contributed by atoms with Gasteiger partial charge in [-0.25, -0.2) is 4.79 Å². The second kappa shape index (κ2) is 9.37. The van der Waals surface area contributed by atoms with Gasteiger partial charge in [0.2, 0.25) is 0 Å². The molecular formula is C17H24O6. The van der Waals surface area contributed by atoms with Crippen LogP contribution >= 0.6 is 0 Å². The van der Waals surface area contributed by atoms with Gasteiger partial charge in [0.15, 0.2) is 17.6 Å². The molecule has 2 atom stereocenters. The Kier molecular flexibility index (Phi) is 7.16. The van der Waals surface area contributed by atoms with Crippen LogP contribution in [0.25, 0.3) is 0 Å². The van der Waals surface area contributed by atoms with Crippen molar-refractivity contribution in [2.24, 2.45) is 0 Å². The molecule has 6 nitrogen and oxygen atoms in total. The maximum Gasteiger partial charge on any atom is 0.335 e. The fourth-order valence-corrected chi connectivity index (χ4v) is 2.24. The summed E-state index contributed by atoms with van der Waals surface area (Å²) in [5.41, 5.74) is 0. The number of ether oxygens (including phenoxy) is 5. The van der Waals surface area contributed by atoms with Gasteiger partial charge in [-0.1, -0.05) is 12.1 Å². The van der Waals surface area contributed by atoms with Gasteiger partial charge in [0.1, 0.15) is 13.2 Å². The molecule has 1 aliphatic rings. The molecule has 1 heterocycles. The van der Waals surface area contributed by atoms with Gasteiger partial charge in [-0.05, 0) is 31.9 Å². The summed E-state index contributed by atoms with van der Waals surface area (Å²) in [5, 5.41) is 0. The van der Waals surface area contributed by atoms with Crippen molar-refractivity contribution in [3.63, 3.8) is 0 Å². The molecule has 0 aliphatic carbocycles. The van der Waals surface area contributed by atoms with E-state index in [2.05, 4.69) is 0 Å². The Bertz CT molecular complexity index is 484. The second-order valence-electron chi connectivity index (χ2n) is 5.28. The molecule has 0 spiro atoms. The van der Waals surface area contributed by atoms with Gasteiger partial charge in [-0.15, -0.1) is 0 Å². The zero-order valence-electron chi connectivity index (χ0n) is 13.7. The van der Waals surface area contributed by atoms with Crippen LogP contribution in [0.1, 0.15) is 19.8 Å². The van der Waals surface area contributed by atoms with E-state index >= 15 is 0 Å². The molecule has 0 saturated carbocycles. The first-order valence-corrected chi connectivity index (χ1v) is 7.86. The van der Waals surface area contributed by atoms with Gasteiger partial charge >= 0.3 is 5.97 Å². The van der Waals surface area contributed by atoms with Crippen LogP contribution in [0.15, 0.2) is 24.3 Å². The van der Waals surface area contributed by atoms with E-state index in [9.17, 15) is 4.79 Å². The molecule has 1 aromatic rings. The van der Waals surface area contributed by atoms with Gasteiger partial charge in [-0.2, -0.15) is 0 Å². The molecular weight excluding hydrogens is 300 g/mol. The monoisotopic (exact) mass is 324 g/mol. The Balaban J connectivity index is 1.62. The largest absolute Gasteiger partial charge is 0.493 e. The van der Waals surface area contributed by atoms with Gasteiger partial charge in [0, 0.05) is 6.61 Å². The van der Waals surface area contributed by atoms with E-state index in [1.54, 1.807) is 20.1 Å². The van der Waals surface area contributed by atoms with Crippen molar-refractivity contribution < 1.29 is 28.5 Å². The molecule has 0 aromatic heterocycles. The van der Waals surface area contributed by atoms with E-state index in [0.717, 1.165) is 19.4 Å². The molecule has 1 fully saturated rings. The maximum atomic E-state index is 11.8. The van der Waals surface area contributed by atoms with Crippen LogP contribution in [0.5, 0.6) is 11.5 Å². The van der Waals surface area contributed by atoms with E-state index in [0.29, 0.717) is 18.1 Å². The molecule has 0 bridgehead atoms. The summed E-state index contributed by atoms with van der Waals surface area (Å²) in [5.74, 6) is 0.868. The van der Waals surface area contributed by atoms with Crippen molar-refractivity contribution >= 4 is 5.97 Å². The van der Waals surface area contributed by atoms with Gasteiger partial charge < -0.3 is 23.7 Å². The first kappa shape index (κ1) is 17.6. The lowest BCUT2D eigenvalue weighted by molar-refractivity contribution is -0.158. The number of hydrogen-bond donors (Lipinski definition) is 0. The zero-order chi connectivity index (χ0) is 16.5. The summed E-state index contributed by atoms with van der Waals surface area (Å²) < 4.78 is 26.8. The van der Waals surface area contributed by atoms with Crippen molar-refractivity contribution in [3.05, 3.63) is 24.3 Å². The van der Waals surface area contributed by atoms with Gasteiger partial charge in [-0.3, -0.25) is 0 Å². The molecule has 0 N–H and O–H groups in total. The van der Waals surface area contributed by atoms with Crippen LogP contribution in [0.4, 0.5) is 0 Å². The Hall–Kier alpha value is -1.79. The van der Waals surface area contributed by atoms with E-state index in [-0.39, 0.29) is 19.3 Å². The van der Waals surface area contributed by atoms with Crippen molar-refractivity contribution in [2.45, 2.75) is 32.0 Å². The predicted octanol–water partition coefficient (Wildman–Crippen LogP) is 2.20. The summed E-state index contributed by atoms with van der Waals surface area (Å²) in [6.07, 6.45) is 1.52. The van der Waals surface area contributed by atoms with E-state index < -0.39 is 12.1 Å². The standard InChI is InChI=1S/C17H24O6/c1-13(23-12-14-6-5-9-20-14)17(18)22-11-10-21-16-8-4-3-7-15(16)19-2/h3-4,7-8,13-14H,5-6,9-12H2,1-2H3. The molecule has 0 radical (unpaired) electrons. The highest BCUT2D eigenvalue weighted by molar-refractivity contribution is 5.74. The van der Waals surface area contributed by atoms with Gasteiger partial charge in [0.25, 0.3) is 0 Å². The van der Waals surface area contributed by atoms with Crippen LogP contribution in [0.2, 0.25) is 0 Å². The lowest BCUT2D eigenvalue weighted by Gasteiger charge is -2.16. The molecule has 2 rings (SSSR count). The maximum absolute atomic E-state index is 11.8. The molecule has 1 aromatic carbocycles. The van der Waals surface area contributed by atoms with Crippen molar-refractivity contribution in [2.75, 3.05) is 33.5 Å². The SMILES string of the molecule is COc1ccccc1OCCOC(=O)C(C)OCC1CCCO1. The highest BCUT2D eigenvalue weighted by atomic mass is 16.6. The number of carbonyl (C=O) groups excluding carboxylic acids is 1. The third kappa shape index (κ3) is 5.73. The lowest BCUT2D eigenvalue weighted by atomic mass is 10.2. The molecule has 128 valence electrons. The Morgan fingerprint density at radius 1 is 1.30 bits per heavy atom. The number of rotatable bonds is 9. The Labute approximate surface area is 136 Å². The van der Waals surface area contributed by atoms with E-state index in [1.807, 2.05) is 18.2 Å². The van der Waals surface area contributed by atoms with Crippen molar-refractivity contribution in [3.8, 4) is 11.5 Å². The number of esters is 1. The van der Waals surface area contributed by atoms with Crippen LogP contribution in [-0.4, -0.2) is 51.7 Å². The number of para-hydroxylation sites is 2. The lowest BCUT2D eigenvalue weighted by Crippen LogP contribution is -2.28. The quantitative estimate of drug-likeness (QED) is 0.512. The Morgan fingerprint density at radius 3 is 2.78 bits per heavy atom. The molecule has 1 aliphatic heterocycles. The summed E-state index contributed by atoms with van der Waals surface area (Å²) in [6, 6.07) is 7.32. The topological polar surface area (TPSA) is 63.2 Å². The van der Waals surface area contributed by atoms with Crippen molar-refractivity contribution in [1.29, 1.82) is 0 Å². The highest BCUT2D eigenvalue weighted by Crippen LogP contribution is 2.25. The predicted molar refractivity (Wildman–Crippen MR) is 83.8 cm³/mol. The molecule has 2 unspecified atom stereocenters.